The molecule has 1 aromatic rings. The number of hydrogen-bond acceptors (Lipinski definition) is 2. The second-order valence-electron chi connectivity index (χ2n) is 4.18. The predicted molar refractivity (Wildman–Crippen MR) is 72.2 cm³/mol. The van der Waals surface area contributed by atoms with E-state index in [9.17, 15) is 0 Å². The first-order valence-electron chi connectivity index (χ1n) is 5.36. The Morgan fingerprint density at radius 2 is 2.06 bits per heavy atom. The number of hydrogen-bond donors (Lipinski definition) is 0. The van der Waals surface area contributed by atoms with Gasteiger partial charge in [-0.3, -0.25) is 5.75 Å². The molecule has 2 unspecified atom stereocenters. The van der Waals surface area contributed by atoms with E-state index in [2.05, 4.69) is 56.5 Å². The van der Waals surface area contributed by atoms with Crippen LogP contribution >= 0.6 is 23.5 Å². The zero-order chi connectivity index (χ0) is 10.8. The van der Waals surface area contributed by atoms with Gasteiger partial charge in [-0.15, -0.1) is 11.8 Å². The van der Waals surface area contributed by atoms with Gasteiger partial charge in [0.15, 0.2) is 0 Å². The molecule has 1 aromatic carbocycles. The molecule has 1 saturated heterocycles. The van der Waals surface area contributed by atoms with Crippen LogP contribution in [0.5, 0.6) is 0 Å². The molecule has 0 radical (unpaired) electrons. The maximum atomic E-state index is 2.37. The number of aryl methyl sites for hydroxylation is 2. The van der Waals surface area contributed by atoms with Crippen molar-refractivity contribution in [3.8, 4) is 0 Å². The molecule has 1 fully saturated rings. The monoisotopic (exact) mass is 326 g/mol. The summed E-state index contributed by atoms with van der Waals surface area (Å²) in [6.45, 7) is 6.70. The molecule has 1 heterocycles. The van der Waals surface area contributed by atoms with Crippen molar-refractivity contribution < 1.29 is 32.7 Å². The second-order valence-corrected chi connectivity index (χ2v) is 7.10. The number of rotatable bonds is 1. The predicted octanol–water partition coefficient (Wildman–Crippen LogP) is 4.72. The van der Waals surface area contributed by atoms with Crippen molar-refractivity contribution in [1.29, 1.82) is 0 Å². The summed E-state index contributed by atoms with van der Waals surface area (Å²) in [5, 5.41) is 0.761. The normalized spacial score (nSPS) is 24.9. The Balaban J connectivity index is 0.00000128. The molecule has 0 amide bonds. The third-order valence-corrected chi connectivity index (χ3v) is 5.39. The summed E-state index contributed by atoms with van der Waals surface area (Å²) in [7, 11) is 0. The van der Waals surface area contributed by atoms with Gasteiger partial charge in [0, 0.05) is 4.58 Å². The average molecular weight is 326 g/mol. The van der Waals surface area contributed by atoms with E-state index in [0.29, 0.717) is 4.58 Å². The van der Waals surface area contributed by atoms with E-state index in [1.165, 1.54) is 23.1 Å². The van der Waals surface area contributed by atoms with E-state index in [4.69, 9.17) is 0 Å². The third-order valence-electron chi connectivity index (χ3n) is 2.68. The fourth-order valence-corrected chi connectivity index (χ4v) is 5.02. The average Bonchev–Trinajstić information content (AvgIpc) is 2.17. The van der Waals surface area contributed by atoms with Gasteiger partial charge in [-0.25, -0.2) is 0 Å². The zero-order valence-corrected chi connectivity index (χ0v) is 14.5. The van der Waals surface area contributed by atoms with Crippen LogP contribution in [0.3, 0.4) is 0 Å². The minimum atomic E-state index is 0. The molecule has 0 aromatic heterocycles. The van der Waals surface area contributed by atoms with Crippen LogP contribution in [0, 0.1) is 19.6 Å². The first-order valence-corrected chi connectivity index (χ1v) is 7.25. The van der Waals surface area contributed by atoms with Crippen molar-refractivity contribution in [1.82, 2.24) is 0 Å². The number of thioether (sulfide) groups is 2. The van der Waals surface area contributed by atoms with Gasteiger partial charge in [0.25, 0.3) is 0 Å². The molecule has 2 rings (SSSR count). The molecule has 0 aliphatic carbocycles. The van der Waals surface area contributed by atoms with Crippen LogP contribution in [-0.4, -0.2) is 5.25 Å². The summed E-state index contributed by atoms with van der Waals surface area (Å²) in [6.07, 6.45) is 1.23. The van der Waals surface area contributed by atoms with E-state index in [1.807, 2.05) is 11.8 Å². The molecule has 82 valence electrons. The van der Waals surface area contributed by atoms with E-state index in [0.717, 1.165) is 5.25 Å². The molecule has 16 heavy (non-hydrogen) atoms. The van der Waals surface area contributed by atoms with Crippen LogP contribution in [0.25, 0.3) is 0 Å². The van der Waals surface area contributed by atoms with E-state index in [1.54, 1.807) is 0 Å². The van der Waals surface area contributed by atoms with Gasteiger partial charge in [0.2, 0.25) is 0 Å². The quantitative estimate of drug-likeness (QED) is 0.685. The van der Waals surface area contributed by atoms with Gasteiger partial charge >= 0.3 is 32.7 Å². The van der Waals surface area contributed by atoms with Crippen LogP contribution in [0.15, 0.2) is 18.2 Å². The minimum absolute atomic E-state index is 0. The summed E-state index contributed by atoms with van der Waals surface area (Å²) < 4.78 is 0.606. The van der Waals surface area contributed by atoms with Crippen molar-refractivity contribution in [3.63, 3.8) is 0 Å². The Morgan fingerprint density at radius 3 is 2.69 bits per heavy atom. The van der Waals surface area contributed by atoms with E-state index < -0.39 is 0 Å². The molecule has 0 saturated carbocycles. The Kier molecular flexibility index (Phi) is 6.43. The van der Waals surface area contributed by atoms with Gasteiger partial charge in [0.05, 0.1) is 0 Å². The molecule has 0 bridgehead atoms. The summed E-state index contributed by atoms with van der Waals surface area (Å²) in [6, 6.07) is 6.81. The van der Waals surface area contributed by atoms with E-state index >= 15 is 0 Å². The molecular formula is C13H17S2Y+2. The Labute approximate surface area is 133 Å². The minimum Gasteiger partial charge on any atom is -0.333 e. The smallest absolute Gasteiger partial charge is 0.333 e. The molecule has 0 N–H and O–H groups in total. The molecule has 1 aliphatic rings. The van der Waals surface area contributed by atoms with Gasteiger partial charge in [0.1, 0.15) is 0 Å². The van der Waals surface area contributed by atoms with Crippen molar-refractivity contribution in [2.45, 2.75) is 37.0 Å². The third kappa shape index (κ3) is 3.76. The van der Waals surface area contributed by atoms with Gasteiger partial charge in [-0.1, -0.05) is 30.7 Å². The summed E-state index contributed by atoms with van der Waals surface area (Å²) in [5.74, 6) is 2.37. The molecule has 3 heteroatoms. The summed E-state index contributed by atoms with van der Waals surface area (Å²) in [5.41, 5.74) is 4.29. The van der Waals surface area contributed by atoms with Gasteiger partial charge in [-0.2, -0.15) is 6.42 Å². The van der Waals surface area contributed by atoms with Crippen molar-refractivity contribution in [2.75, 3.05) is 0 Å². The first kappa shape index (κ1) is 15.1. The Morgan fingerprint density at radius 1 is 1.31 bits per heavy atom. The van der Waals surface area contributed by atoms with Crippen LogP contribution in [0.2, 0.25) is 0 Å². The second kappa shape index (κ2) is 6.82. The van der Waals surface area contributed by atoms with Crippen LogP contribution in [0.4, 0.5) is 0 Å². The summed E-state index contributed by atoms with van der Waals surface area (Å²) >= 11 is 4.07. The van der Waals surface area contributed by atoms with Crippen LogP contribution in [0.1, 0.15) is 34.6 Å². The Hall–Kier alpha value is 1.02. The van der Waals surface area contributed by atoms with Gasteiger partial charge in [-0.05, 0) is 30.2 Å². The van der Waals surface area contributed by atoms with Gasteiger partial charge < -0.3 is 11.8 Å². The van der Waals surface area contributed by atoms with Crippen LogP contribution < -0.4 is 0 Å². The fraction of sp³-hybridized carbons (Fsp3) is 0.462. The number of benzene rings is 1. The largest absolute Gasteiger partial charge is 3.00 e. The fourth-order valence-electron chi connectivity index (χ4n) is 1.81. The standard InChI is InChI=1S/C13H17S2.Y/c1-9-4-5-12(10(2)8-9)13-14-7-6-11(3)15-13;/h4-5,7-8,11,13H,6H2,1-3H3;/q-1;+3. The van der Waals surface area contributed by atoms with Crippen LogP contribution in [-0.2, 0) is 32.7 Å². The van der Waals surface area contributed by atoms with E-state index in [-0.39, 0.29) is 32.7 Å². The van der Waals surface area contributed by atoms with Crippen molar-refractivity contribution in [2.24, 2.45) is 0 Å². The van der Waals surface area contributed by atoms with Crippen molar-refractivity contribution >= 4 is 23.5 Å². The maximum Gasteiger partial charge on any atom is 3.00 e. The summed E-state index contributed by atoms with van der Waals surface area (Å²) in [4.78, 5) is 0. The first-order chi connectivity index (χ1) is 7.16. The molecule has 0 nitrogen and oxygen atoms in total. The Bertz CT molecular complexity index is 352. The molecule has 2 atom stereocenters. The SMILES string of the molecule is Cc1ccc(C2S[CH-]CC(C)S2)c(C)c1.[Y+3]. The molecular weight excluding hydrogens is 309 g/mol. The zero-order valence-electron chi connectivity index (χ0n) is 10.1. The molecule has 1 aliphatic heterocycles. The maximum absolute atomic E-state index is 2.37. The van der Waals surface area contributed by atoms with Crippen molar-refractivity contribution in [3.05, 3.63) is 40.6 Å². The molecule has 0 spiro atoms. The topological polar surface area (TPSA) is 0 Å².